The molecule has 0 amide bonds. The number of allylic oxidation sites excluding steroid dienone is 2. The van der Waals surface area contributed by atoms with Crippen LogP contribution in [0.5, 0.6) is 5.75 Å². The van der Waals surface area contributed by atoms with Crippen molar-refractivity contribution in [2.75, 3.05) is 13.2 Å². The van der Waals surface area contributed by atoms with E-state index in [0.29, 0.717) is 17.9 Å². The van der Waals surface area contributed by atoms with Crippen LogP contribution in [0.15, 0.2) is 78.9 Å². The Hall–Kier alpha value is -3.34. The molecule has 0 saturated heterocycles. The molecule has 0 radical (unpaired) electrons. The molecule has 5 nitrogen and oxygen atoms in total. The van der Waals surface area contributed by atoms with Gasteiger partial charge in [-0.05, 0) is 54.3 Å². The van der Waals surface area contributed by atoms with E-state index >= 15 is 0 Å². The second kappa shape index (κ2) is 15.2. The van der Waals surface area contributed by atoms with Crippen LogP contribution in [0.4, 0.5) is 0 Å². The van der Waals surface area contributed by atoms with Gasteiger partial charge in [-0.1, -0.05) is 102 Å². The molecule has 1 aliphatic carbocycles. The highest BCUT2D eigenvalue weighted by Gasteiger charge is 2.41. The van der Waals surface area contributed by atoms with Crippen molar-refractivity contribution in [3.05, 3.63) is 90.0 Å². The number of unbranched alkanes of at least 4 members (excludes halogenated alkanes) is 5. The van der Waals surface area contributed by atoms with E-state index in [-0.39, 0.29) is 18.4 Å². The maximum atomic E-state index is 13.2. The lowest BCUT2D eigenvalue weighted by atomic mass is 9.88. The lowest BCUT2D eigenvalue weighted by Gasteiger charge is -2.29. The van der Waals surface area contributed by atoms with Crippen LogP contribution in [0, 0.1) is 5.92 Å². The van der Waals surface area contributed by atoms with Gasteiger partial charge in [0.05, 0.1) is 18.8 Å². The van der Waals surface area contributed by atoms with Crippen LogP contribution in [0.1, 0.15) is 87.6 Å². The Morgan fingerprint density at radius 3 is 2.18 bits per heavy atom. The summed E-state index contributed by atoms with van der Waals surface area (Å²) in [6.07, 6.45) is 15.1. The average molecular weight is 519 g/mol. The highest BCUT2D eigenvalue weighted by molar-refractivity contribution is 5.95. The number of esters is 2. The van der Waals surface area contributed by atoms with Gasteiger partial charge in [-0.2, -0.15) is 0 Å². The van der Waals surface area contributed by atoms with Gasteiger partial charge in [0.1, 0.15) is 5.75 Å². The lowest BCUT2D eigenvalue weighted by Crippen LogP contribution is -2.43. The fraction of sp³-hybridized carbons (Fsp3) is 0.455. The zero-order chi connectivity index (χ0) is 27.2. The van der Waals surface area contributed by atoms with Crippen LogP contribution in [-0.4, -0.2) is 30.8 Å². The maximum absolute atomic E-state index is 13.2. The van der Waals surface area contributed by atoms with Crippen molar-refractivity contribution >= 4 is 11.9 Å². The minimum absolute atomic E-state index is 0.0199. The summed E-state index contributed by atoms with van der Waals surface area (Å²) in [6, 6.07) is 16.8. The van der Waals surface area contributed by atoms with E-state index in [0.717, 1.165) is 24.8 Å². The van der Waals surface area contributed by atoms with E-state index in [4.69, 9.17) is 14.2 Å². The molecule has 0 saturated carbocycles. The van der Waals surface area contributed by atoms with Gasteiger partial charge in [0, 0.05) is 5.92 Å². The summed E-state index contributed by atoms with van der Waals surface area (Å²) in [4.78, 5) is 26.3. The SMILES string of the molecule is CCCCCCCCOc1ccc(C(=O)OC2(C(=O)OC[C@@H](C)CC)C=CC(c3ccccc3)C=C2)cc1. The molecule has 204 valence electrons. The third kappa shape index (κ3) is 8.61. The average Bonchev–Trinajstić information content (AvgIpc) is 2.96. The van der Waals surface area contributed by atoms with Crippen molar-refractivity contribution in [2.45, 2.75) is 77.2 Å². The van der Waals surface area contributed by atoms with Crippen LogP contribution < -0.4 is 4.74 Å². The molecule has 1 atom stereocenters. The summed E-state index contributed by atoms with van der Waals surface area (Å²) >= 11 is 0. The lowest BCUT2D eigenvalue weighted by molar-refractivity contribution is -0.158. The summed E-state index contributed by atoms with van der Waals surface area (Å²) in [5.74, 6) is -0.289. The van der Waals surface area contributed by atoms with E-state index in [9.17, 15) is 9.59 Å². The van der Waals surface area contributed by atoms with Crippen molar-refractivity contribution in [1.29, 1.82) is 0 Å². The predicted molar refractivity (Wildman–Crippen MR) is 151 cm³/mol. The molecular formula is C33H42O5. The first kappa shape index (κ1) is 29.2. The largest absolute Gasteiger partial charge is 0.494 e. The van der Waals surface area contributed by atoms with Crippen LogP contribution in [0.3, 0.4) is 0 Å². The molecule has 0 bridgehead atoms. The van der Waals surface area contributed by atoms with Gasteiger partial charge in [-0.25, -0.2) is 9.59 Å². The molecule has 0 heterocycles. The minimum Gasteiger partial charge on any atom is -0.494 e. The molecule has 0 N–H and O–H groups in total. The molecule has 0 spiro atoms. The summed E-state index contributed by atoms with van der Waals surface area (Å²) < 4.78 is 17.2. The summed E-state index contributed by atoms with van der Waals surface area (Å²) in [5.41, 5.74) is -0.176. The van der Waals surface area contributed by atoms with Gasteiger partial charge in [0.15, 0.2) is 0 Å². The van der Waals surface area contributed by atoms with Gasteiger partial charge in [-0.3, -0.25) is 0 Å². The Kier molecular flexibility index (Phi) is 11.7. The molecule has 38 heavy (non-hydrogen) atoms. The zero-order valence-corrected chi connectivity index (χ0v) is 23.1. The summed E-state index contributed by atoms with van der Waals surface area (Å²) in [7, 11) is 0. The molecule has 0 fully saturated rings. The fourth-order valence-corrected chi connectivity index (χ4v) is 4.18. The second-order valence-electron chi connectivity index (χ2n) is 10.1. The fourth-order valence-electron chi connectivity index (χ4n) is 4.18. The number of hydrogen-bond acceptors (Lipinski definition) is 5. The van der Waals surface area contributed by atoms with E-state index in [1.54, 1.807) is 36.4 Å². The number of benzene rings is 2. The normalized spacial score (nSPS) is 19.1. The third-order valence-corrected chi connectivity index (χ3v) is 6.92. The molecule has 0 aromatic heterocycles. The third-order valence-electron chi connectivity index (χ3n) is 6.92. The van der Waals surface area contributed by atoms with Gasteiger partial charge < -0.3 is 14.2 Å². The Labute approximate surface area is 227 Å². The first-order valence-electron chi connectivity index (χ1n) is 14.0. The first-order chi connectivity index (χ1) is 18.5. The standard InChI is InChI=1S/C33H42O5/c1-4-6-7-8-9-13-24-36-30-18-16-29(17-19-30)31(34)38-33(32(35)37-25-26(3)5-2)22-20-28(21-23-33)27-14-11-10-12-15-27/h10-12,14-23,26,28H,4-9,13,24-25H2,1-3H3/t26-,28?,33?/m0/s1. The highest BCUT2D eigenvalue weighted by Crippen LogP contribution is 2.31. The number of rotatable bonds is 15. The monoisotopic (exact) mass is 518 g/mol. The first-order valence-corrected chi connectivity index (χ1v) is 14.0. The quantitative estimate of drug-likeness (QED) is 0.137. The Bertz CT molecular complexity index is 1040. The summed E-state index contributed by atoms with van der Waals surface area (Å²) in [5, 5.41) is 0. The number of carbonyl (C=O) groups excluding carboxylic acids is 2. The van der Waals surface area contributed by atoms with Crippen molar-refractivity contribution in [1.82, 2.24) is 0 Å². The van der Waals surface area contributed by atoms with Crippen molar-refractivity contribution in [3.8, 4) is 5.75 Å². The minimum atomic E-state index is -1.61. The van der Waals surface area contributed by atoms with Gasteiger partial charge in [0.2, 0.25) is 5.60 Å². The van der Waals surface area contributed by atoms with Crippen LogP contribution in [-0.2, 0) is 14.3 Å². The van der Waals surface area contributed by atoms with Gasteiger partial charge >= 0.3 is 11.9 Å². The molecular weight excluding hydrogens is 476 g/mol. The van der Waals surface area contributed by atoms with Crippen LogP contribution >= 0.6 is 0 Å². The smallest absolute Gasteiger partial charge is 0.358 e. The van der Waals surface area contributed by atoms with Crippen LogP contribution in [0.2, 0.25) is 0 Å². The Balaban J connectivity index is 1.64. The van der Waals surface area contributed by atoms with E-state index in [1.165, 1.54) is 25.7 Å². The van der Waals surface area contributed by atoms with Crippen molar-refractivity contribution < 1.29 is 23.8 Å². The molecule has 2 aromatic rings. The molecule has 1 aliphatic rings. The van der Waals surface area contributed by atoms with Gasteiger partial charge in [-0.15, -0.1) is 0 Å². The topological polar surface area (TPSA) is 61.8 Å². The molecule has 3 rings (SSSR count). The van der Waals surface area contributed by atoms with Gasteiger partial charge in [0.25, 0.3) is 0 Å². The van der Waals surface area contributed by atoms with E-state index < -0.39 is 17.5 Å². The maximum Gasteiger partial charge on any atom is 0.358 e. The van der Waals surface area contributed by atoms with E-state index in [2.05, 4.69) is 6.92 Å². The summed E-state index contributed by atoms with van der Waals surface area (Å²) in [6.45, 7) is 7.19. The van der Waals surface area contributed by atoms with Crippen LogP contribution in [0.25, 0.3) is 0 Å². The molecule has 2 aromatic carbocycles. The van der Waals surface area contributed by atoms with Crippen molar-refractivity contribution in [3.63, 3.8) is 0 Å². The highest BCUT2D eigenvalue weighted by atomic mass is 16.6. The number of ether oxygens (including phenoxy) is 3. The number of carbonyl (C=O) groups is 2. The van der Waals surface area contributed by atoms with Crippen molar-refractivity contribution in [2.24, 2.45) is 5.92 Å². The van der Waals surface area contributed by atoms with E-state index in [1.807, 2.05) is 56.3 Å². The zero-order valence-electron chi connectivity index (χ0n) is 23.1. The second-order valence-corrected chi connectivity index (χ2v) is 10.1. The molecule has 5 heteroatoms. The molecule has 0 unspecified atom stereocenters. The predicted octanol–water partition coefficient (Wildman–Crippen LogP) is 7.82. The Morgan fingerprint density at radius 1 is 0.868 bits per heavy atom. The Morgan fingerprint density at radius 2 is 1.53 bits per heavy atom. The molecule has 0 aliphatic heterocycles. The number of hydrogen-bond donors (Lipinski definition) is 0.